The van der Waals surface area contributed by atoms with E-state index in [1.165, 1.54) is 31.3 Å². The van der Waals surface area contributed by atoms with Gasteiger partial charge in [0.1, 0.15) is 11.6 Å². The first kappa shape index (κ1) is 21.4. The number of hydrogen-bond donors (Lipinski definition) is 1. The Balaban J connectivity index is 1.97. The zero-order chi connectivity index (χ0) is 23.3. The van der Waals surface area contributed by atoms with Crippen molar-refractivity contribution in [1.82, 2.24) is 9.88 Å². The molecule has 1 aromatic heterocycles. The van der Waals surface area contributed by atoms with Crippen LogP contribution in [0.2, 0.25) is 0 Å². The van der Waals surface area contributed by atoms with Gasteiger partial charge in [0, 0.05) is 30.6 Å². The summed E-state index contributed by atoms with van der Waals surface area (Å²) >= 11 is 0. The zero-order valence-electron chi connectivity index (χ0n) is 16.5. The summed E-state index contributed by atoms with van der Waals surface area (Å²) in [5, 5.41) is 0. The first-order chi connectivity index (χ1) is 15.0. The van der Waals surface area contributed by atoms with Crippen LogP contribution in [0.15, 0.2) is 65.9 Å². The van der Waals surface area contributed by atoms with Crippen molar-refractivity contribution in [2.75, 3.05) is 7.05 Å². The second-order valence-corrected chi connectivity index (χ2v) is 7.21. The van der Waals surface area contributed by atoms with Gasteiger partial charge in [-0.25, -0.2) is 13.8 Å². The molecule has 0 radical (unpaired) electrons. The Morgan fingerprint density at radius 1 is 0.969 bits per heavy atom. The van der Waals surface area contributed by atoms with Crippen LogP contribution < -0.4 is 5.73 Å². The Morgan fingerprint density at radius 2 is 1.66 bits per heavy atom. The number of alkyl halides is 3. The number of hydrogen-bond acceptors (Lipinski definition) is 4. The second-order valence-electron chi connectivity index (χ2n) is 7.21. The molecule has 164 valence electrons. The minimum absolute atomic E-state index is 0.0120. The van der Waals surface area contributed by atoms with E-state index in [4.69, 9.17) is 5.73 Å². The number of aromatic nitrogens is 1. The molecule has 2 N–H and O–H groups in total. The number of nitrogens with two attached hydrogens (primary N) is 1. The topological polar surface area (TPSA) is 71.6 Å². The molecule has 4 rings (SSSR count). The van der Waals surface area contributed by atoms with Crippen LogP contribution in [-0.4, -0.2) is 28.8 Å². The van der Waals surface area contributed by atoms with Gasteiger partial charge in [-0.3, -0.25) is 14.7 Å². The monoisotopic (exact) mass is 446 g/mol. The predicted octanol–water partition coefficient (Wildman–Crippen LogP) is 4.08. The van der Waals surface area contributed by atoms with Crippen molar-refractivity contribution in [2.24, 2.45) is 10.7 Å². The van der Waals surface area contributed by atoms with E-state index < -0.39 is 34.8 Å². The third kappa shape index (κ3) is 3.37. The van der Waals surface area contributed by atoms with Gasteiger partial charge in [-0.15, -0.1) is 0 Å². The van der Waals surface area contributed by atoms with Crippen molar-refractivity contribution in [2.45, 2.75) is 11.7 Å². The number of guanidine groups is 1. The summed E-state index contributed by atoms with van der Waals surface area (Å²) in [6.07, 6.45) is -3.00. The fourth-order valence-corrected chi connectivity index (χ4v) is 3.58. The van der Waals surface area contributed by atoms with Gasteiger partial charge in [-0.05, 0) is 41.5 Å². The van der Waals surface area contributed by atoms with E-state index in [1.54, 1.807) is 0 Å². The summed E-state index contributed by atoms with van der Waals surface area (Å²) in [5.41, 5.74) is 2.97. The molecule has 1 atom stereocenters. The lowest BCUT2D eigenvalue weighted by Gasteiger charge is -2.27. The molecule has 0 saturated heterocycles. The highest BCUT2D eigenvalue weighted by Crippen LogP contribution is 2.42. The van der Waals surface area contributed by atoms with Crippen LogP contribution in [0, 0.1) is 11.6 Å². The van der Waals surface area contributed by atoms with E-state index in [2.05, 4.69) is 9.98 Å². The van der Waals surface area contributed by atoms with Crippen LogP contribution in [0.5, 0.6) is 0 Å². The quantitative estimate of drug-likeness (QED) is 0.617. The fraction of sp³-hybridized carbons (Fsp3) is 0.136. The molecule has 1 unspecified atom stereocenters. The Labute approximate surface area is 179 Å². The number of carbonyl (C=O) groups is 1. The van der Waals surface area contributed by atoms with E-state index in [-0.39, 0.29) is 22.6 Å². The molecule has 0 aliphatic carbocycles. The molecule has 5 nitrogen and oxygen atoms in total. The Bertz CT molecular complexity index is 1240. The maximum absolute atomic E-state index is 14.6. The van der Waals surface area contributed by atoms with E-state index in [1.807, 2.05) is 0 Å². The number of rotatable bonds is 3. The van der Waals surface area contributed by atoms with Gasteiger partial charge in [0.05, 0.1) is 5.56 Å². The van der Waals surface area contributed by atoms with Crippen LogP contribution in [-0.2, 0) is 16.5 Å². The van der Waals surface area contributed by atoms with Gasteiger partial charge in [0.2, 0.25) is 0 Å². The summed E-state index contributed by atoms with van der Waals surface area (Å²) in [4.78, 5) is 22.1. The number of nitrogens with zero attached hydrogens (tertiary/aromatic N) is 3. The molecule has 0 fully saturated rings. The number of amides is 1. The van der Waals surface area contributed by atoms with Crippen molar-refractivity contribution in [3.05, 3.63) is 89.2 Å². The standard InChI is InChI=1S/C22H15F5N4O/c1-31-19(32)21(30-20(31)28,14-8-15(11-29-10-14)22(25,26)27)13-4-7-18(24)17(9-13)12-2-5-16(23)6-3-12/h2-11H,1H3,(H2,28,30). The number of pyridine rings is 1. The van der Waals surface area contributed by atoms with Crippen LogP contribution >= 0.6 is 0 Å². The highest BCUT2D eigenvalue weighted by molar-refractivity contribution is 6.09. The van der Waals surface area contributed by atoms with Crippen LogP contribution in [0.4, 0.5) is 22.0 Å². The molecular weight excluding hydrogens is 431 g/mol. The lowest BCUT2D eigenvalue weighted by Crippen LogP contribution is -2.41. The molecule has 1 aliphatic heterocycles. The molecule has 10 heteroatoms. The van der Waals surface area contributed by atoms with Crippen molar-refractivity contribution in [3.63, 3.8) is 0 Å². The molecule has 0 spiro atoms. The molecule has 0 saturated carbocycles. The van der Waals surface area contributed by atoms with Gasteiger partial charge in [-0.2, -0.15) is 13.2 Å². The minimum atomic E-state index is -4.71. The normalized spacial score (nSPS) is 18.8. The largest absolute Gasteiger partial charge is 0.417 e. The predicted molar refractivity (Wildman–Crippen MR) is 106 cm³/mol. The SMILES string of the molecule is CN1C(=O)C(c2cncc(C(F)(F)F)c2)(c2ccc(F)c(-c3ccc(F)cc3)c2)N=C1N. The van der Waals surface area contributed by atoms with Gasteiger partial charge < -0.3 is 5.73 Å². The lowest BCUT2D eigenvalue weighted by atomic mass is 9.82. The maximum atomic E-state index is 14.6. The van der Waals surface area contributed by atoms with E-state index in [0.717, 1.165) is 35.4 Å². The van der Waals surface area contributed by atoms with E-state index in [9.17, 15) is 26.7 Å². The van der Waals surface area contributed by atoms with E-state index >= 15 is 0 Å². The fourth-order valence-electron chi connectivity index (χ4n) is 3.58. The summed E-state index contributed by atoms with van der Waals surface area (Å²) in [6, 6.07) is 9.33. The van der Waals surface area contributed by atoms with Crippen molar-refractivity contribution >= 4 is 11.9 Å². The summed E-state index contributed by atoms with van der Waals surface area (Å²) in [6.45, 7) is 0. The third-order valence-corrected chi connectivity index (χ3v) is 5.26. The van der Waals surface area contributed by atoms with Crippen molar-refractivity contribution < 1.29 is 26.7 Å². The molecule has 0 bridgehead atoms. The van der Waals surface area contributed by atoms with Crippen LogP contribution in [0.25, 0.3) is 11.1 Å². The molecule has 1 amide bonds. The lowest BCUT2D eigenvalue weighted by molar-refractivity contribution is -0.138. The maximum Gasteiger partial charge on any atom is 0.417 e. The average molecular weight is 446 g/mol. The summed E-state index contributed by atoms with van der Waals surface area (Å²) < 4.78 is 67.9. The number of halogens is 5. The molecular formula is C22H15F5N4O. The average Bonchev–Trinajstić information content (AvgIpc) is 2.99. The number of likely N-dealkylation sites (N-methyl/N-ethyl adjacent to an activating group) is 1. The third-order valence-electron chi connectivity index (χ3n) is 5.26. The molecule has 3 aromatic rings. The smallest absolute Gasteiger partial charge is 0.369 e. The highest BCUT2D eigenvalue weighted by atomic mass is 19.4. The Kier molecular flexibility index (Phi) is 4.95. The van der Waals surface area contributed by atoms with Crippen LogP contribution in [0.3, 0.4) is 0 Å². The number of benzene rings is 2. The van der Waals surface area contributed by atoms with E-state index in [0.29, 0.717) is 11.8 Å². The Hall–Kier alpha value is -3.82. The van der Waals surface area contributed by atoms with Crippen molar-refractivity contribution in [3.8, 4) is 11.1 Å². The molecule has 2 aromatic carbocycles. The minimum Gasteiger partial charge on any atom is -0.369 e. The Morgan fingerprint density at radius 3 is 2.25 bits per heavy atom. The molecule has 2 heterocycles. The summed E-state index contributed by atoms with van der Waals surface area (Å²) in [7, 11) is 1.33. The first-order valence-corrected chi connectivity index (χ1v) is 9.26. The molecule has 32 heavy (non-hydrogen) atoms. The van der Waals surface area contributed by atoms with Gasteiger partial charge in [-0.1, -0.05) is 18.2 Å². The number of aliphatic imine (C=N–C) groups is 1. The first-order valence-electron chi connectivity index (χ1n) is 9.26. The van der Waals surface area contributed by atoms with Gasteiger partial charge in [0.25, 0.3) is 5.91 Å². The summed E-state index contributed by atoms with van der Waals surface area (Å²) in [5.74, 6) is -2.15. The van der Waals surface area contributed by atoms with Crippen molar-refractivity contribution in [1.29, 1.82) is 0 Å². The molecule has 1 aliphatic rings. The highest BCUT2D eigenvalue weighted by Gasteiger charge is 2.50. The van der Waals surface area contributed by atoms with Gasteiger partial charge in [0.15, 0.2) is 11.5 Å². The van der Waals surface area contributed by atoms with Gasteiger partial charge >= 0.3 is 6.18 Å². The van der Waals surface area contributed by atoms with Crippen LogP contribution in [0.1, 0.15) is 16.7 Å². The number of carbonyl (C=O) groups excluding carboxylic acids is 1. The second kappa shape index (κ2) is 7.40. The zero-order valence-corrected chi connectivity index (χ0v) is 16.5.